The van der Waals surface area contributed by atoms with Gasteiger partial charge in [0, 0.05) is 26.7 Å². The minimum atomic E-state index is -0.154. The smallest absolute Gasteiger partial charge is 0.238 e. The molecule has 2 aliphatic rings. The van der Waals surface area contributed by atoms with E-state index in [2.05, 4.69) is 15.5 Å². The van der Waals surface area contributed by atoms with Crippen molar-refractivity contribution in [1.82, 2.24) is 4.90 Å². The number of amides is 2. The van der Waals surface area contributed by atoms with E-state index in [-0.39, 0.29) is 11.8 Å². The summed E-state index contributed by atoms with van der Waals surface area (Å²) >= 11 is 0. The molecule has 0 saturated carbocycles. The highest BCUT2D eigenvalue weighted by Crippen LogP contribution is 2.39. The number of rotatable bonds is 4. The Morgan fingerprint density at radius 3 is 2.48 bits per heavy atom. The van der Waals surface area contributed by atoms with Gasteiger partial charge < -0.3 is 15.4 Å². The Morgan fingerprint density at radius 1 is 1.12 bits per heavy atom. The Labute approximate surface area is 148 Å². The number of carbonyl (C=O) groups is 2. The predicted molar refractivity (Wildman–Crippen MR) is 97.5 cm³/mol. The van der Waals surface area contributed by atoms with Crippen LogP contribution in [0.1, 0.15) is 32.6 Å². The number of piperidine rings is 1. The number of nitrogens with zero attached hydrogens (tertiary/aromatic N) is 1. The molecular formula is C19H27N3O3. The Morgan fingerprint density at radius 2 is 1.80 bits per heavy atom. The first kappa shape index (κ1) is 17.9. The first-order valence-electron chi connectivity index (χ1n) is 9.03. The van der Waals surface area contributed by atoms with Crippen molar-refractivity contribution in [3.63, 3.8) is 0 Å². The molecule has 0 aliphatic carbocycles. The number of carbonyl (C=O) groups excluding carboxylic acids is 2. The maximum absolute atomic E-state index is 12.5. The monoisotopic (exact) mass is 345 g/mol. The third-order valence-corrected chi connectivity index (χ3v) is 5.17. The van der Waals surface area contributed by atoms with E-state index in [1.165, 1.54) is 13.3 Å². The second kappa shape index (κ2) is 7.97. The van der Waals surface area contributed by atoms with Gasteiger partial charge in [-0.2, -0.15) is 0 Å². The quantitative estimate of drug-likeness (QED) is 0.879. The minimum Gasteiger partial charge on any atom is -0.381 e. The van der Waals surface area contributed by atoms with Gasteiger partial charge in [0.15, 0.2) is 0 Å². The number of nitrogens with one attached hydrogen (secondary N) is 2. The molecule has 0 aromatic heterocycles. The zero-order valence-corrected chi connectivity index (χ0v) is 14.8. The second-order valence-electron chi connectivity index (χ2n) is 7.20. The molecule has 2 N–H and O–H groups in total. The molecule has 0 radical (unpaired) electrons. The van der Waals surface area contributed by atoms with Gasteiger partial charge in [0.1, 0.15) is 0 Å². The number of hydrogen-bond acceptors (Lipinski definition) is 4. The van der Waals surface area contributed by atoms with Crippen LogP contribution in [0, 0.1) is 5.41 Å². The summed E-state index contributed by atoms with van der Waals surface area (Å²) in [7, 11) is 0. The molecule has 0 atom stereocenters. The first-order chi connectivity index (χ1) is 12.1. The number of likely N-dealkylation sites (tertiary alicyclic amines) is 1. The van der Waals surface area contributed by atoms with Crippen molar-refractivity contribution in [3.05, 3.63) is 24.3 Å². The summed E-state index contributed by atoms with van der Waals surface area (Å²) in [6.07, 6.45) is 4.56. The van der Waals surface area contributed by atoms with Crippen LogP contribution in [-0.2, 0) is 14.3 Å². The highest BCUT2D eigenvalue weighted by Gasteiger charge is 2.37. The van der Waals surface area contributed by atoms with Gasteiger partial charge in [0.25, 0.3) is 0 Å². The largest absolute Gasteiger partial charge is 0.381 e. The van der Waals surface area contributed by atoms with Gasteiger partial charge in [0.2, 0.25) is 11.8 Å². The Balaban J connectivity index is 1.58. The first-order valence-corrected chi connectivity index (χ1v) is 9.03. The van der Waals surface area contributed by atoms with Gasteiger partial charge in [-0.1, -0.05) is 12.1 Å². The molecule has 136 valence electrons. The average Bonchev–Trinajstić information content (AvgIpc) is 2.57. The standard InChI is InChI=1S/C19H27N3O3/c1-15(23)20-16-5-2-3-6-17(16)21-18(24)13-22-10-4-7-19(14-22)8-11-25-12-9-19/h2-3,5-6H,4,7-14H2,1H3,(H,20,23)(H,21,24). The van der Waals surface area contributed by atoms with Crippen LogP contribution >= 0.6 is 0 Å². The molecule has 1 spiro atoms. The molecule has 2 heterocycles. The number of hydrogen-bond donors (Lipinski definition) is 2. The van der Waals surface area contributed by atoms with Crippen LogP contribution in [0.2, 0.25) is 0 Å². The van der Waals surface area contributed by atoms with Crippen molar-refractivity contribution in [1.29, 1.82) is 0 Å². The molecule has 6 heteroatoms. The second-order valence-corrected chi connectivity index (χ2v) is 7.20. The Bertz CT molecular complexity index is 621. The van der Waals surface area contributed by atoms with Crippen molar-refractivity contribution in [2.75, 3.05) is 43.5 Å². The third kappa shape index (κ3) is 4.80. The van der Waals surface area contributed by atoms with Crippen LogP contribution in [0.4, 0.5) is 11.4 Å². The van der Waals surface area contributed by atoms with E-state index in [1.807, 2.05) is 12.1 Å². The van der Waals surface area contributed by atoms with Crippen LogP contribution in [0.15, 0.2) is 24.3 Å². The molecule has 6 nitrogen and oxygen atoms in total. The Kier molecular flexibility index (Phi) is 5.71. The molecule has 2 saturated heterocycles. The van der Waals surface area contributed by atoms with Crippen molar-refractivity contribution < 1.29 is 14.3 Å². The third-order valence-electron chi connectivity index (χ3n) is 5.17. The summed E-state index contributed by atoms with van der Waals surface area (Å²) in [5, 5.41) is 5.68. The average molecular weight is 345 g/mol. The van der Waals surface area contributed by atoms with Gasteiger partial charge in [-0.3, -0.25) is 14.5 Å². The lowest BCUT2D eigenvalue weighted by Gasteiger charge is -2.44. The number of para-hydroxylation sites is 2. The van der Waals surface area contributed by atoms with E-state index >= 15 is 0 Å². The van der Waals surface area contributed by atoms with Crippen LogP contribution in [0.3, 0.4) is 0 Å². The molecule has 0 bridgehead atoms. The zero-order chi connectivity index (χ0) is 17.7. The van der Waals surface area contributed by atoms with Gasteiger partial charge in [-0.25, -0.2) is 0 Å². The van der Waals surface area contributed by atoms with Gasteiger partial charge in [-0.05, 0) is 49.8 Å². The van der Waals surface area contributed by atoms with E-state index < -0.39 is 0 Å². The summed E-state index contributed by atoms with van der Waals surface area (Å²) in [6.45, 7) is 5.45. The van der Waals surface area contributed by atoms with E-state index in [9.17, 15) is 9.59 Å². The summed E-state index contributed by atoms with van der Waals surface area (Å²) < 4.78 is 5.50. The fourth-order valence-electron chi connectivity index (χ4n) is 3.94. The lowest BCUT2D eigenvalue weighted by Crippen LogP contribution is -2.48. The van der Waals surface area contributed by atoms with Crippen LogP contribution in [0.25, 0.3) is 0 Å². The maximum atomic E-state index is 12.5. The van der Waals surface area contributed by atoms with Crippen molar-refractivity contribution in [2.24, 2.45) is 5.41 Å². The molecule has 2 aliphatic heterocycles. The number of benzene rings is 1. The fraction of sp³-hybridized carbons (Fsp3) is 0.579. The summed E-state index contributed by atoms with van der Waals surface area (Å²) in [4.78, 5) is 26.1. The molecule has 1 aromatic carbocycles. The van der Waals surface area contributed by atoms with Crippen molar-refractivity contribution >= 4 is 23.2 Å². The highest BCUT2D eigenvalue weighted by molar-refractivity contribution is 5.99. The molecule has 2 fully saturated rings. The molecule has 25 heavy (non-hydrogen) atoms. The van der Waals surface area contributed by atoms with Gasteiger partial charge in [-0.15, -0.1) is 0 Å². The number of ether oxygens (including phenoxy) is 1. The summed E-state index contributed by atoms with van der Waals surface area (Å²) in [5.74, 6) is -0.193. The van der Waals surface area contributed by atoms with E-state index in [1.54, 1.807) is 12.1 Å². The molecular weight excluding hydrogens is 318 g/mol. The minimum absolute atomic E-state index is 0.0399. The van der Waals surface area contributed by atoms with E-state index in [0.29, 0.717) is 23.3 Å². The SMILES string of the molecule is CC(=O)Nc1ccccc1NC(=O)CN1CCCC2(CCOCC2)C1. The fourth-order valence-corrected chi connectivity index (χ4v) is 3.94. The summed E-state index contributed by atoms with van der Waals surface area (Å²) in [5.41, 5.74) is 1.59. The normalized spacial score (nSPS) is 20.2. The van der Waals surface area contributed by atoms with Crippen LogP contribution < -0.4 is 10.6 Å². The maximum Gasteiger partial charge on any atom is 0.238 e. The highest BCUT2D eigenvalue weighted by atomic mass is 16.5. The summed E-state index contributed by atoms with van der Waals surface area (Å²) in [6, 6.07) is 7.27. The van der Waals surface area contributed by atoms with Crippen LogP contribution in [-0.4, -0.2) is 49.6 Å². The van der Waals surface area contributed by atoms with E-state index in [0.717, 1.165) is 45.6 Å². The van der Waals surface area contributed by atoms with Gasteiger partial charge in [0.05, 0.1) is 17.9 Å². The lowest BCUT2D eigenvalue weighted by atomic mass is 9.74. The lowest BCUT2D eigenvalue weighted by molar-refractivity contribution is -0.119. The van der Waals surface area contributed by atoms with Gasteiger partial charge >= 0.3 is 0 Å². The molecule has 2 amide bonds. The predicted octanol–water partition coefficient (Wildman–Crippen LogP) is 2.48. The molecule has 3 rings (SSSR count). The van der Waals surface area contributed by atoms with Crippen molar-refractivity contribution in [2.45, 2.75) is 32.6 Å². The zero-order valence-electron chi connectivity index (χ0n) is 14.8. The molecule has 1 aromatic rings. The van der Waals surface area contributed by atoms with E-state index in [4.69, 9.17) is 4.74 Å². The topological polar surface area (TPSA) is 70.7 Å². The number of anilines is 2. The van der Waals surface area contributed by atoms with Crippen molar-refractivity contribution in [3.8, 4) is 0 Å². The van der Waals surface area contributed by atoms with Crippen LogP contribution in [0.5, 0.6) is 0 Å². The molecule has 0 unspecified atom stereocenters. The Hall–Kier alpha value is -1.92.